The highest BCUT2D eigenvalue weighted by Crippen LogP contribution is 2.17. The third-order valence-electron chi connectivity index (χ3n) is 6.64. The molecule has 2 unspecified atom stereocenters. The van der Waals surface area contributed by atoms with Crippen molar-refractivity contribution in [3.63, 3.8) is 0 Å². The Hall–Kier alpha value is -0.440. The normalized spacial score (nSPS) is 13.1. The molecule has 178 valence electrons. The van der Waals surface area contributed by atoms with Crippen LogP contribution in [0.4, 0.5) is 0 Å². The number of unbranched alkanes of at least 4 members (excludes halogenated alkanes) is 16. The van der Waals surface area contributed by atoms with Crippen molar-refractivity contribution in [1.29, 1.82) is 0 Å². The molecule has 30 heavy (non-hydrogen) atoms. The van der Waals surface area contributed by atoms with E-state index in [-0.39, 0.29) is 0 Å². The first kappa shape index (κ1) is 29.6. The van der Waals surface area contributed by atoms with E-state index in [4.69, 9.17) is 0 Å². The van der Waals surface area contributed by atoms with Crippen molar-refractivity contribution in [1.82, 2.24) is 0 Å². The van der Waals surface area contributed by atoms with Crippen LogP contribution in [0.15, 0.2) is 0 Å². The number of hydrogen-bond donors (Lipinski definition) is 0. The Bertz CT molecular complexity index is 371. The summed E-state index contributed by atoms with van der Waals surface area (Å²) in [5.41, 5.74) is 0. The summed E-state index contributed by atoms with van der Waals surface area (Å²) in [5.74, 6) is 8.51. The van der Waals surface area contributed by atoms with Crippen LogP contribution < -0.4 is 0 Å². The van der Waals surface area contributed by atoms with Crippen LogP contribution in [0.2, 0.25) is 0 Å². The van der Waals surface area contributed by atoms with E-state index in [0.29, 0.717) is 5.92 Å². The molecule has 0 spiro atoms. The Balaban J connectivity index is 3.34. The molecular formula is C30H58. The Kier molecular flexibility index (Phi) is 24.5. The van der Waals surface area contributed by atoms with Gasteiger partial charge in [0.2, 0.25) is 0 Å². The van der Waals surface area contributed by atoms with Crippen molar-refractivity contribution in [2.24, 2.45) is 11.8 Å². The van der Waals surface area contributed by atoms with Gasteiger partial charge < -0.3 is 0 Å². The molecule has 0 saturated carbocycles. The smallest absolute Gasteiger partial charge is 0.0174 e. The largest absolute Gasteiger partial charge is 0.103 e. The Morgan fingerprint density at radius 2 is 0.867 bits per heavy atom. The first-order valence-electron chi connectivity index (χ1n) is 14.2. The molecule has 0 nitrogen and oxygen atoms in total. The molecule has 0 fully saturated rings. The molecule has 0 amide bonds. The molecule has 0 radical (unpaired) electrons. The quantitative estimate of drug-likeness (QED) is 0.121. The van der Waals surface area contributed by atoms with Crippen molar-refractivity contribution in [3.05, 3.63) is 0 Å². The van der Waals surface area contributed by atoms with E-state index in [2.05, 4.69) is 39.5 Å². The van der Waals surface area contributed by atoms with Gasteiger partial charge in [-0.25, -0.2) is 0 Å². The highest BCUT2D eigenvalue weighted by atomic mass is 14.1. The third kappa shape index (κ3) is 23.8. The highest BCUT2D eigenvalue weighted by Gasteiger charge is 2.01. The summed E-state index contributed by atoms with van der Waals surface area (Å²) in [4.78, 5) is 0. The zero-order chi connectivity index (χ0) is 22.1. The molecule has 0 bridgehead atoms. The van der Waals surface area contributed by atoms with Crippen LogP contribution >= 0.6 is 0 Å². The van der Waals surface area contributed by atoms with Gasteiger partial charge in [-0.05, 0) is 18.8 Å². The summed E-state index contributed by atoms with van der Waals surface area (Å²) in [7, 11) is 0. The van der Waals surface area contributed by atoms with E-state index < -0.39 is 0 Å². The number of rotatable bonds is 22. The minimum Gasteiger partial charge on any atom is -0.103 e. The lowest BCUT2D eigenvalue weighted by atomic mass is 9.96. The van der Waals surface area contributed by atoms with E-state index in [0.717, 1.165) is 12.3 Å². The second-order valence-electron chi connectivity index (χ2n) is 10.1. The maximum absolute atomic E-state index is 3.51. The molecule has 0 aromatic carbocycles. The van der Waals surface area contributed by atoms with E-state index in [1.807, 2.05) is 0 Å². The first-order valence-corrected chi connectivity index (χ1v) is 14.2. The molecule has 0 aliphatic carbocycles. The third-order valence-corrected chi connectivity index (χ3v) is 6.64. The van der Waals surface area contributed by atoms with Crippen LogP contribution in [0.1, 0.15) is 169 Å². The lowest BCUT2D eigenvalue weighted by molar-refractivity contribution is 0.438. The summed E-state index contributed by atoms with van der Waals surface area (Å²) in [5, 5.41) is 0. The minimum absolute atomic E-state index is 0.604. The van der Waals surface area contributed by atoms with E-state index in [1.165, 1.54) is 135 Å². The zero-order valence-corrected chi connectivity index (χ0v) is 21.7. The Morgan fingerprint density at radius 3 is 1.43 bits per heavy atom. The van der Waals surface area contributed by atoms with Crippen LogP contribution in [0.3, 0.4) is 0 Å². The minimum atomic E-state index is 0.604. The van der Waals surface area contributed by atoms with Crippen molar-refractivity contribution in [2.75, 3.05) is 0 Å². The van der Waals surface area contributed by atoms with Crippen molar-refractivity contribution < 1.29 is 0 Å². The summed E-state index contributed by atoms with van der Waals surface area (Å²) in [6.45, 7) is 9.36. The van der Waals surface area contributed by atoms with E-state index >= 15 is 0 Å². The Labute approximate surface area is 192 Å². The number of hydrogen-bond acceptors (Lipinski definition) is 0. The molecule has 2 atom stereocenters. The van der Waals surface area contributed by atoms with Gasteiger partial charge in [-0.2, -0.15) is 0 Å². The maximum Gasteiger partial charge on any atom is 0.0174 e. The van der Waals surface area contributed by atoms with Gasteiger partial charge >= 0.3 is 0 Å². The van der Waals surface area contributed by atoms with E-state index in [1.54, 1.807) is 0 Å². The van der Waals surface area contributed by atoms with Crippen molar-refractivity contribution >= 4 is 0 Å². The average Bonchev–Trinajstić information content (AvgIpc) is 2.74. The van der Waals surface area contributed by atoms with Crippen LogP contribution in [0, 0.1) is 23.7 Å². The van der Waals surface area contributed by atoms with Gasteiger partial charge in [0.25, 0.3) is 0 Å². The lowest BCUT2D eigenvalue weighted by Crippen LogP contribution is -1.94. The topological polar surface area (TPSA) is 0 Å². The van der Waals surface area contributed by atoms with Gasteiger partial charge in [-0.3, -0.25) is 0 Å². The summed E-state index contributed by atoms with van der Waals surface area (Å²) >= 11 is 0. The SMILES string of the molecule is CCCCCCCCCCCCCC(C)C#CCCCCCCC(C)CCCCC. The zero-order valence-electron chi connectivity index (χ0n) is 21.7. The molecule has 0 rings (SSSR count). The standard InChI is InChI=1S/C30H58/c1-5-7-9-10-11-12-13-14-15-18-22-27-30(4)28-24-20-17-16-19-23-26-29(3)25-21-8-6-2/h29-30H,5-23,25-27H2,1-4H3. The highest BCUT2D eigenvalue weighted by molar-refractivity contribution is 5.02. The van der Waals surface area contributed by atoms with Gasteiger partial charge in [0.05, 0.1) is 0 Å². The summed E-state index contributed by atoms with van der Waals surface area (Å²) < 4.78 is 0. The summed E-state index contributed by atoms with van der Waals surface area (Å²) in [6.07, 6.45) is 30.8. The van der Waals surface area contributed by atoms with Gasteiger partial charge in [0.1, 0.15) is 0 Å². The second kappa shape index (κ2) is 24.8. The van der Waals surface area contributed by atoms with Gasteiger partial charge in [0.15, 0.2) is 0 Å². The molecular weight excluding hydrogens is 360 g/mol. The Morgan fingerprint density at radius 1 is 0.467 bits per heavy atom. The second-order valence-corrected chi connectivity index (χ2v) is 10.1. The van der Waals surface area contributed by atoms with Gasteiger partial charge in [-0.1, -0.05) is 150 Å². The molecule has 0 aromatic heterocycles. The van der Waals surface area contributed by atoms with Crippen LogP contribution in [-0.4, -0.2) is 0 Å². The van der Waals surface area contributed by atoms with Crippen LogP contribution in [0.25, 0.3) is 0 Å². The molecule has 0 aromatic rings. The summed E-state index contributed by atoms with van der Waals surface area (Å²) in [6, 6.07) is 0. The van der Waals surface area contributed by atoms with Crippen molar-refractivity contribution in [2.45, 2.75) is 169 Å². The predicted molar refractivity (Wildman–Crippen MR) is 139 cm³/mol. The lowest BCUT2D eigenvalue weighted by Gasteiger charge is -2.10. The molecule has 0 saturated heterocycles. The average molecular weight is 419 g/mol. The molecule has 0 aliphatic rings. The fourth-order valence-corrected chi connectivity index (χ4v) is 4.38. The van der Waals surface area contributed by atoms with Crippen LogP contribution in [-0.2, 0) is 0 Å². The molecule has 0 heterocycles. The maximum atomic E-state index is 3.51. The van der Waals surface area contributed by atoms with E-state index in [9.17, 15) is 0 Å². The fourth-order valence-electron chi connectivity index (χ4n) is 4.38. The van der Waals surface area contributed by atoms with Crippen LogP contribution in [0.5, 0.6) is 0 Å². The predicted octanol–water partition coefficient (Wildman–Crippen LogP) is 10.9. The molecule has 0 N–H and O–H groups in total. The molecule has 0 aliphatic heterocycles. The monoisotopic (exact) mass is 418 g/mol. The van der Waals surface area contributed by atoms with Gasteiger partial charge in [0, 0.05) is 12.3 Å². The fraction of sp³-hybridized carbons (Fsp3) is 0.933. The van der Waals surface area contributed by atoms with Gasteiger partial charge in [-0.15, -0.1) is 11.8 Å². The first-order chi connectivity index (χ1) is 14.7. The molecule has 0 heteroatoms. The van der Waals surface area contributed by atoms with Crippen molar-refractivity contribution in [3.8, 4) is 11.8 Å².